The predicted molar refractivity (Wildman–Crippen MR) is 80.8 cm³/mol. The van der Waals surface area contributed by atoms with E-state index in [9.17, 15) is 9.50 Å². The summed E-state index contributed by atoms with van der Waals surface area (Å²) < 4.78 is 13.6. The number of rotatable bonds is 7. The van der Waals surface area contributed by atoms with Gasteiger partial charge in [-0.25, -0.2) is 4.39 Å². The van der Waals surface area contributed by atoms with Crippen molar-refractivity contribution < 1.29 is 9.50 Å². The van der Waals surface area contributed by atoms with Gasteiger partial charge in [0.2, 0.25) is 5.13 Å². The molecule has 0 aliphatic carbocycles. The van der Waals surface area contributed by atoms with Crippen molar-refractivity contribution in [1.29, 1.82) is 0 Å². The second-order valence-corrected chi connectivity index (χ2v) is 6.42. The summed E-state index contributed by atoms with van der Waals surface area (Å²) in [7, 11) is 0. The van der Waals surface area contributed by atoms with Crippen LogP contribution in [-0.4, -0.2) is 27.6 Å². The van der Waals surface area contributed by atoms with E-state index in [0.29, 0.717) is 11.3 Å². The average molecular weight is 313 g/mol. The van der Waals surface area contributed by atoms with E-state index in [1.807, 2.05) is 0 Å². The average Bonchev–Trinajstić information content (AvgIpc) is 2.91. The Bertz CT molecular complexity index is 533. The molecule has 0 saturated carbocycles. The van der Waals surface area contributed by atoms with Crippen LogP contribution in [0.1, 0.15) is 25.0 Å². The normalized spacial score (nSPS) is 12.3. The van der Waals surface area contributed by atoms with Gasteiger partial charge in [-0.15, -0.1) is 10.2 Å². The Morgan fingerprint density at radius 1 is 1.35 bits per heavy atom. The highest BCUT2D eigenvalue weighted by atomic mass is 32.2. The number of nitrogens with zero attached hydrogens (tertiary/aromatic N) is 2. The van der Waals surface area contributed by atoms with E-state index in [1.165, 1.54) is 35.2 Å². The third kappa shape index (κ3) is 4.43. The minimum Gasteiger partial charge on any atom is -0.388 e. The van der Waals surface area contributed by atoms with Gasteiger partial charge in [-0.3, -0.25) is 0 Å². The lowest BCUT2D eigenvalue weighted by molar-refractivity contribution is 0.204. The van der Waals surface area contributed by atoms with Crippen LogP contribution in [0, 0.1) is 5.82 Å². The van der Waals surface area contributed by atoms with Crippen LogP contribution in [0.15, 0.2) is 28.6 Å². The van der Waals surface area contributed by atoms with Crippen molar-refractivity contribution in [2.75, 3.05) is 17.6 Å². The minimum absolute atomic E-state index is 0.302. The Labute approximate surface area is 125 Å². The van der Waals surface area contributed by atoms with Gasteiger partial charge in [0.15, 0.2) is 4.34 Å². The zero-order valence-electron chi connectivity index (χ0n) is 11.0. The van der Waals surface area contributed by atoms with Crippen molar-refractivity contribution in [2.24, 2.45) is 0 Å². The minimum atomic E-state index is -0.642. The number of benzene rings is 1. The standard InChI is InChI=1S/C13H16FN3OS2/c1-2-7-15-12-16-17-13(20-12)19-8-11(18)9-3-5-10(14)6-4-9/h3-6,11,18H,2,7-8H2,1H3,(H,15,16). The number of anilines is 1. The van der Waals surface area contributed by atoms with Crippen LogP contribution in [0.3, 0.4) is 0 Å². The number of nitrogens with one attached hydrogen (secondary N) is 1. The Morgan fingerprint density at radius 2 is 2.10 bits per heavy atom. The summed E-state index contributed by atoms with van der Waals surface area (Å²) in [5, 5.41) is 22.1. The first-order chi connectivity index (χ1) is 9.69. The third-order valence-electron chi connectivity index (χ3n) is 2.55. The Hall–Kier alpha value is -1.18. The molecule has 0 spiro atoms. The number of aliphatic hydroxyl groups excluding tert-OH is 1. The van der Waals surface area contributed by atoms with Gasteiger partial charge in [-0.2, -0.15) is 0 Å². The molecule has 0 amide bonds. The Kier molecular flexibility index (Phi) is 5.75. The summed E-state index contributed by atoms with van der Waals surface area (Å²) >= 11 is 2.91. The second-order valence-electron chi connectivity index (χ2n) is 4.18. The van der Waals surface area contributed by atoms with Crippen LogP contribution in [0.4, 0.5) is 9.52 Å². The molecule has 4 nitrogen and oxygen atoms in total. The van der Waals surface area contributed by atoms with E-state index in [0.717, 1.165) is 22.4 Å². The summed E-state index contributed by atoms with van der Waals surface area (Å²) in [4.78, 5) is 0. The van der Waals surface area contributed by atoms with Crippen LogP contribution in [-0.2, 0) is 0 Å². The van der Waals surface area contributed by atoms with Crippen LogP contribution >= 0.6 is 23.1 Å². The summed E-state index contributed by atoms with van der Waals surface area (Å²) in [6.45, 7) is 2.96. The smallest absolute Gasteiger partial charge is 0.206 e. The molecule has 108 valence electrons. The maximum Gasteiger partial charge on any atom is 0.206 e. The maximum atomic E-state index is 12.8. The molecule has 2 rings (SSSR count). The van der Waals surface area contributed by atoms with Gasteiger partial charge in [-0.05, 0) is 24.1 Å². The molecule has 2 N–H and O–H groups in total. The van der Waals surface area contributed by atoms with Crippen molar-refractivity contribution in [3.05, 3.63) is 35.6 Å². The van der Waals surface area contributed by atoms with Crippen molar-refractivity contribution in [1.82, 2.24) is 10.2 Å². The van der Waals surface area contributed by atoms with Crippen LogP contribution < -0.4 is 5.32 Å². The highest BCUT2D eigenvalue weighted by Crippen LogP contribution is 2.29. The van der Waals surface area contributed by atoms with Crippen molar-refractivity contribution in [3.63, 3.8) is 0 Å². The third-order valence-corrected chi connectivity index (χ3v) is 4.64. The molecule has 20 heavy (non-hydrogen) atoms. The van der Waals surface area contributed by atoms with Gasteiger partial charge < -0.3 is 10.4 Å². The van der Waals surface area contributed by atoms with E-state index in [1.54, 1.807) is 12.1 Å². The Morgan fingerprint density at radius 3 is 2.80 bits per heavy atom. The lowest BCUT2D eigenvalue weighted by Crippen LogP contribution is -2.00. The molecule has 7 heteroatoms. The molecule has 0 aliphatic rings. The number of aromatic nitrogens is 2. The first-order valence-corrected chi connectivity index (χ1v) is 8.13. The molecule has 0 bridgehead atoms. The van der Waals surface area contributed by atoms with Gasteiger partial charge in [0.25, 0.3) is 0 Å². The largest absolute Gasteiger partial charge is 0.388 e. The van der Waals surface area contributed by atoms with Crippen LogP contribution in [0.25, 0.3) is 0 Å². The van der Waals surface area contributed by atoms with Gasteiger partial charge in [0.1, 0.15) is 5.82 Å². The van der Waals surface area contributed by atoms with Gasteiger partial charge in [-0.1, -0.05) is 42.2 Å². The highest BCUT2D eigenvalue weighted by molar-refractivity contribution is 8.01. The van der Waals surface area contributed by atoms with Crippen molar-refractivity contribution in [2.45, 2.75) is 23.8 Å². The van der Waals surface area contributed by atoms with Gasteiger partial charge in [0.05, 0.1) is 6.10 Å². The fourth-order valence-electron chi connectivity index (χ4n) is 1.50. The topological polar surface area (TPSA) is 58.0 Å². The number of thioether (sulfide) groups is 1. The first kappa shape index (κ1) is 15.2. The highest BCUT2D eigenvalue weighted by Gasteiger charge is 2.11. The number of halogens is 1. The van der Waals surface area contributed by atoms with Crippen LogP contribution in [0.5, 0.6) is 0 Å². The first-order valence-electron chi connectivity index (χ1n) is 6.32. The monoisotopic (exact) mass is 313 g/mol. The molecular formula is C13H16FN3OS2. The molecule has 0 radical (unpaired) electrons. The summed E-state index contributed by atoms with van der Waals surface area (Å²) in [5.41, 5.74) is 0.702. The van der Waals surface area contributed by atoms with Gasteiger partial charge in [0, 0.05) is 12.3 Å². The molecule has 1 aromatic heterocycles. The Balaban J connectivity index is 1.85. The molecule has 1 atom stereocenters. The predicted octanol–water partition coefficient (Wildman–Crippen LogP) is 3.32. The molecular weight excluding hydrogens is 297 g/mol. The fourth-order valence-corrected chi connectivity index (χ4v) is 3.27. The van der Waals surface area contributed by atoms with Crippen molar-refractivity contribution >= 4 is 28.2 Å². The number of aliphatic hydroxyl groups is 1. The molecule has 0 fully saturated rings. The number of hydrogen-bond donors (Lipinski definition) is 2. The maximum absolute atomic E-state index is 12.8. The molecule has 1 aromatic carbocycles. The summed E-state index contributed by atoms with van der Waals surface area (Å²) in [6, 6.07) is 5.88. The zero-order valence-corrected chi connectivity index (χ0v) is 12.7. The molecule has 0 saturated heterocycles. The molecule has 2 aromatic rings. The second kappa shape index (κ2) is 7.56. The summed E-state index contributed by atoms with van der Waals surface area (Å²) in [5.74, 6) is 0.165. The molecule has 0 aliphatic heterocycles. The van der Waals surface area contributed by atoms with E-state index in [-0.39, 0.29) is 5.82 Å². The SMILES string of the molecule is CCCNc1nnc(SCC(O)c2ccc(F)cc2)s1. The quantitative estimate of drug-likeness (QED) is 0.768. The van der Waals surface area contributed by atoms with E-state index in [2.05, 4.69) is 22.4 Å². The number of hydrogen-bond acceptors (Lipinski definition) is 6. The summed E-state index contributed by atoms with van der Waals surface area (Å²) in [6.07, 6.45) is 0.391. The fraction of sp³-hybridized carbons (Fsp3) is 0.385. The van der Waals surface area contributed by atoms with Gasteiger partial charge >= 0.3 is 0 Å². The van der Waals surface area contributed by atoms with E-state index < -0.39 is 6.10 Å². The zero-order chi connectivity index (χ0) is 14.4. The van der Waals surface area contributed by atoms with Crippen molar-refractivity contribution in [3.8, 4) is 0 Å². The molecule has 1 heterocycles. The van der Waals surface area contributed by atoms with E-state index in [4.69, 9.17) is 0 Å². The lowest BCUT2D eigenvalue weighted by Gasteiger charge is -2.08. The lowest BCUT2D eigenvalue weighted by atomic mass is 10.1. The van der Waals surface area contributed by atoms with E-state index >= 15 is 0 Å². The molecule has 1 unspecified atom stereocenters. The van der Waals surface area contributed by atoms with Crippen LogP contribution in [0.2, 0.25) is 0 Å².